The molecule has 0 aliphatic rings. The number of hydrogen-bond donors (Lipinski definition) is 0. The van der Waals surface area contributed by atoms with Crippen LogP contribution in [0.4, 0.5) is 0 Å². The van der Waals surface area contributed by atoms with Gasteiger partial charge in [0.1, 0.15) is 11.1 Å². The van der Waals surface area contributed by atoms with Gasteiger partial charge >= 0.3 is 0 Å². The van der Waals surface area contributed by atoms with E-state index in [4.69, 9.17) is 28.5 Å². The average Bonchev–Trinajstić information content (AvgIpc) is 3.12. The van der Waals surface area contributed by atoms with Crippen molar-refractivity contribution in [3.05, 3.63) is 75.9 Å². The summed E-state index contributed by atoms with van der Waals surface area (Å²) >= 11 is 13.8. The van der Waals surface area contributed by atoms with E-state index in [9.17, 15) is 0 Å². The Bertz CT molecular complexity index is 1230. The third kappa shape index (κ3) is 3.96. The minimum Gasteiger partial charge on any atom is -0.269 e. The summed E-state index contributed by atoms with van der Waals surface area (Å²) in [5, 5.41) is 27.8. The van der Waals surface area contributed by atoms with E-state index in [-0.39, 0.29) is 5.69 Å². The maximum absolute atomic E-state index is 8.91. The van der Waals surface area contributed by atoms with Gasteiger partial charge < -0.3 is 0 Å². The minimum absolute atomic E-state index is 0.253. The normalized spacial score (nSPS) is 10.7. The highest BCUT2D eigenvalue weighted by molar-refractivity contribution is 7.99. The Balaban J connectivity index is 1.87. The van der Waals surface area contributed by atoms with Crippen molar-refractivity contribution in [3.8, 4) is 23.1 Å². The topological polar surface area (TPSA) is 80.3 Å². The summed E-state index contributed by atoms with van der Waals surface area (Å²) in [7, 11) is 0. The Morgan fingerprint density at radius 3 is 2.48 bits per heavy atom. The molecule has 0 bridgehead atoms. The first kappa shape index (κ1) is 19.4. The maximum atomic E-state index is 8.91. The number of rotatable bonds is 4. The second kappa shape index (κ2) is 8.21. The predicted molar refractivity (Wildman–Crippen MR) is 112 cm³/mol. The zero-order valence-corrected chi connectivity index (χ0v) is 17.4. The number of benzene rings is 2. The second-order valence-electron chi connectivity index (χ2n) is 6.02. The van der Waals surface area contributed by atoms with E-state index in [0.29, 0.717) is 31.6 Å². The summed E-state index contributed by atoms with van der Waals surface area (Å²) < 4.78 is 1.93. The Hall–Kier alpha value is -2.92. The largest absolute Gasteiger partial charge is 0.269 e. The molecule has 0 saturated heterocycles. The van der Waals surface area contributed by atoms with Gasteiger partial charge in [-0.05, 0) is 60.6 Å². The lowest BCUT2D eigenvalue weighted by Gasteiger charge is -2.13. The van der Waals surface area contributed by atoms with Crippen molar-refractivity contribution < 1.29 is 0 Å². The number of aromatic nitrogens is 5. The van der Waals surface area contributed by atoms with Gasteiger partial charge in [0.2, 0.25) is 5.16 Å². The van der Waals surface area contributed by atoms with Crippen LogP contribution in [0.25, 0.3) is 17.1 Å². The SMILES string of the molecule is Cc1ccccc1-n1c(Sc2ccc(C#N)nn2)nnc1-c1ccc(Cl)cc1Cl. The fraction of sp³-hybridized carbons (Fsp3) is 0.0500. The third-order valence-electron chi connectivity index (χ3n) is 4.11. The Kier molecular flexibility index (Phi) is 5.49. The van der Waals surface area contributed by atoms with E-state index in [1.165, 1.54) is 11.8 Å². The summed E-state index contributed by atoms with van der Waals surface area (Å²) in [5.41, 5.74) is 2.93. The van der Waals surface area contributed by atoms with Gasteiger partial charge in [0.15, 0.2) is 11.5 Å². The van der Waals surface area contributed by atoms with Gasteiger partial charge in [-0.3, -0.25) is 4.57 Å². The van der Waals surface area contributed by atoms with E-state index < -0.39 is 0 Å². The van der Waals surface area contributed by atoms with Crippen LogP contribution in [-0.4, -0.2) is 25.0 Å². The summed E-state index contributed by atoms with van der Waals surface area (Å²) in [5.74, 6) is 0.588. The van der Waals surface area contributed by atoms with Crippen molar-refractivity contribution in [2.24, 2.45) is 0 Å². The standard InChI is InChI=1S/C20H12Cl2N6S/c1-12-4-2-3-5-17(12)28-19(15-8-6-13(21)10-16(15)22)26-27-20(28)29-18-9-7-14(11-23)24-25-18/h2-10H,1H3. The van der Waals surface area contributed by atoms with Gasteiger partial charge in [0.05, 0.1) is 10.7 Å². The lowest BCUT2D eigenvalue weighted by molar-refractivity contribution is 0.864. The number of halogens is 2. The molecule has 0 unspecified atom stereocenters. The number of aryl methyl sites for hydroxylation is 1. The van der Waals surface area contributed by atoms with Crippen molar-refractivity contribution in [3.63, 3.8) is 0 Å². The van der Waals surface area contributed by atoms with E-state index in [0.717, 1.165) is 11.3 Å². The Morgan fingerprint density at radius 2 is 1.79 bits per heavy atom. The molecular weight excluding hydrogens is 427 g/mol. The Morgan fingerprint density at radius 1 is 0.966 bits per heavy atom. The summed E-state index contributed by atoms with van der Waals surface area (Å²) in [6, 6.07) is 18.5. The first-order valence-electron chi connectivity index (χ1n) is 8.45. The summed E-state index contributed by atoms with van der Waals surface area (Å²) in [6.07, 6.45) is 0. The molecule has 4 aromatic rings. The van der Waals surface area contributed by atoms with E-state index in [1.807, 2.05) is 47.9 Å². The maximum Gasteiger partial charge on any atom is 0.202 e. The van der Waals surface area contributed by atoms with Crippen molar-refractivity contribution in [2.75, 3.05) is 0 Å². The molecule has 0 radical (unpaired) electrons. The molecule has 2 aromatic carbocycles. The van der Waals surface area contributed by atoms with E-state index in [2.05, 4.69) is 20.4 Å². The van der Waals surface area contributed by atoms with Crippen molar-refractivity contribution in [2.45, 2.75) is 17.1 Å². The molecule has 142 valence electrons. The predicted octanol–water partition coefficient (Wildman–Crippen LogP) is 5.36. The van der Waals surface area contributed by atoms with Crippen LogP contribution in [0, 0.1) is 18.3 Å². The number of hydrogen-bond acceptors (Lipinski definition) is 6. The van der Waals surface area contributed by atoms with Crippen LogP contribution in [-0.2, 0) is 0 Å². The number of para-hydroxylation sites is 1. The smallest absolute Gasteiger partial charge is 0.202 e. The molecule has 0 amide bonds. The molecule has 29 heavy (non-hydrogen) atoms. The van der Waals surface area contributed by atoms with Crippen LogP contribution >= 0.6 is 35.0 Å². The second-order valence-corrected chi connectivity index (χ2v) is 7.85. The van der Waals surface area contributed by atoms with Gasteiger partial charge in [0.25, 0.3) is 0 Å². The van der Waals surface area contributed by atoms with Crippen LogP contribution in [0.3, 0.4) is 0 Å². The first-order chi connectivity index (χ1) is 14.1. The molecule has 0 N–H and O–H groups in total. The molecule has 2 aromatic heterocycles. The Labute approximate surface area is 181 Å². The van der Waals surface area contributed by atoms with Gasteiger partial charge in [-0.15, -0.1) is 20.4 Å². The average molecular weight is 439 g/mol. The lowest BCUT2D eigenvalue weighted by Crippen LogP contribution is -2.02. The van der Waals surface area contributed by atoms with Crippen LogP contribution < -0.4 is 0 Å². The highest BCUT2D eigenvalue weighted by Gasteiger charge is 2.20. The molecule has 2 heterocycles. The number of nitriles is 1. The molecule has 9 heteroatoms. The van der Waals surface area contributed by atoms with Gasteiger partial charge in [-0.1, -0.05) is 41.4 Å². The quantitative estimate of drug-likeness (QED) is 0.426. The van der Waals surface area contributed by atoms with Gasteiger partial charge in [0, 0.05) is 10.6 Å². The molecule has 0 atom stereocenters. The minimum atomic E-state index is 0.253. The van der Waals surface area contributed by atoms with E-state index >= 15 is 0 Å². The van der Waals surface area contributed by atoms with Crippen molar-refractivity contribution in [1.82, 2.24) is 25.0 Å². The molecule has 0 spiro atoms. The highest BCUT2D eigenvalue weighted by atomic mass is 35.5. The fourth-order valence-corrected chi connectivity index (χ4v) is 4.00. The molecule has 0 aliphatic heterocycles. The third-order valence-corrected chi connectivity index (χ3v) is 5.53. The van der Waals surface area contributed by atoms with Gasteiger partial charge in [-0.25, -0.2) is 0 Å². The monoisotopic (exact) mass is 438 g/mol. The zero-order chi connectivity index (χ0) is 20.4. The van der Waals surface area contributed by atoms with Gasteiger partial charge in [-0.2, -0.15) is 5.26 Å². The fourth-order valence-electron chi connectivity index (χ4n) is 2.74. The first-order valence-corrected chi connectivity index (χ1v) is 10.0. The van der Waals surface area contributed by atoms with E-state index in [1.54, 1.807) is 24.3 Å². The molecule has 0 saturated carbocycles. The number of nitrogens with zero attached hydrogens (tertiary/aromatic N) is 6. The van der Waals surface area contributed by atoms with Crippen LogP contribution in [0.2, 0.25) is 10.0 Å². The summed E-state index contributed by atoms with van der Waals surface area (Å²) in [4.78, 5) is 0. The highest BCUT2D eigenvalue weighted by Crippen LogP contribution is 2.35. The summed E-state index contributed by atoms with van der Waals surface area (Å²) in [6.45, 7) is 2.01. The molecule has 0 aliphatic carbocycles. The molecular formula is C20H12Cl2N6S. The molecule has 4 rings (SSSR count). The van der Waals surface area contributed by atoms with Crippen molar-refractivity contribution in [1.29, 1.82) is 5.26 Å². The molecule has 0 fully saturated rings. The van der Waals surface area contributed by atoms with Crippen LogP contribution in [0.15, 0.2) is 64.8 Å². The van der Waals surface area contributed by atoms with Crippen LogP contribution in [0.5, 0.6) is 0 Å². The zero-order valence-electron chi connectivity index (χ0n) is 15.0. The van der Waals surface area contributed by atoms with Crippen LogP contribution in [0.1, 0.15) is 11.3 Å². The lowest BCUT2D eigenvalue weighted by atomic mass is 10.1. The van der Waals surface area contributed by atoms with Crippen molar-refractivity contribution >= 4 is 35.0 Å². The molecule has 6 nitrogen and oxygen atoms in total.